The highest BCUT2D eigenvalue weighted by atomic mass is 35.5. The summed E-state index contributed by atoms with van der Waals surface area (Å²) in [4.78, 5) is 0. The lowest BCUT2D eigenvalue weighted by molar-refractivity contribution is 0.114. The molecule has 1 rings (SSSR count). The molecule has 1 atom stereocenters. The SMILES string of the molecule is CCCC(CCl)CCCOCc1ccccc1. The van der Waals surface area contributed by atoms with Gasteiger partial charge in [0, 0.05) is 12.5 Å². The standard InChI is InChI=1S/C15H23ClO/c1-2-7-14(12-16)10-6-11-17-13-15-8-4-3-5-9-15/h3-5,8-9,14H,2,6-7,10-13H2,1H3. The maximum absolute atomic E-state index is 5.91. The summed E-state index contributed by atoms with van der Waals surface area (Å²) in [7, 11) is 0. The Bertz CT molecular complexity index is 274. The van der Waals surface area contributed by atoms with E-state index in [2.05, 4.69) is 19.1 Å². The second kappa shape index (κ2) is 9.49. The number of rotatable bonds is 9. The summed E-state index contributed by atoms with van der Waals surface area (Å²) in [5.41, 5.74) is 1.25. The molecule has 1 aromatic rings. The topological polar surface area (TPSA) is 9.23 Å². The monoisotopic (exact) mass is 254 g/mol. The molecule has 0 saturated carbocycles. The maximum Gasteiger partial charge on any atom is 0.0716 e. The second-order valence-electron chi connectivity index (χ2n) is 4.49. The third-order valence-electron chi connectivity index (χ3n) is 2.93. The Kier molecular flexibility index (Phi) is 8.12. The Balaban J connectivity index is 2.04. The minimum atomic E-state index is 0.669. The average Bonchev–Trinajstić information content (AvgIpc) is 2.38. The first-order valence-corrected chi connectivity index (χ1v) is 7.08. The van der Waals surface area contributed by atoms with E-state index in [1.165, 1.54) is 24.8 Å². The van der Waals surface area contributed by atoms with Crippen molar-refractivity contribution in [1.82, 2.24) is 0 Å². The minimum absolute atomic E-state index is 0.669. The van der Waals surface area contributed by atoms with Gasteiger partial charge in [0.25, 0.3) is 0 Å². The van der Waals surface area contributed by atoms with E-state index in [4.69, 9.17) is 16.3 Å². The van der Waals surface area contributed by atoms with Gasteiger partial charge in [0.05, 0.1) is 6.61 Å². The zero-order valence-electron chi connectivity index (χ0n) is 10.7. The summed E-state index contributed by atoms with van der Waals surface area (Å²) >= 11 is 5.91. The molecule has 0 aliphatic carbocycles. The zero-order chi connectivity index (χ0) is 12.3. The number of halogens is 1. The Morgan fingerprint density at radius 3 is 2.59 bits per heavy atom. The van der Waals surface area contributed by atoms with Gasteiger partial charge in [-0.05, 0) is 30.7 Å². The van der Waals surface area contributed by atoms with Gasteiger partial charge in [-0.1, -0.05) is 43.7 Å². The predicted molar refractivity (Wildman–Crippen MR) is 74.5 cm³/mol. The third kappa shape index (κ3) is 6.70. The van der Waals surface area contributed by atoms with E-state index in [-0.39, 0.29) is 0 Å². The fraction of sp³-hybridized carbons (Fsp3) is 0.600. The smallest absolute Gasteiger partial charge is 0.0716 e. The molecule has 1 unspecified atom stereocenters. The van der Waals surface area contributed by atoms with Crippen LogP contribution in [0, 0.1) is 5.92 Å². The molecule has 0 radical (unpaired) electrons. The van der Waals surface area contributed by atoms with Crippen molar-refractivity contribution >= 4 is 11.6 Å². The van der Waals surface area contributed by atoms with Gasteiger partial charge in [0.15, 0.2) is 0 Å². The molecule has 17 heavy (non-hydrogen) atoms. The van der Waals surface area contributed by atoms with Crippen LogP contribution >= 0.6 is 11.6 Å². The quantitative estimate of drug-likeness (QED) is 0.461. The van der Waals surface area contributed by atoms with Crippen LogP contribution in [0.2, 0.25) is 0 Å². The highest BCUT2D eigenvalue weighted by Crippen LogP contribution is 2.15. The number of hydrogen-bond donors (Lipinski definition) is 0. The summed E-state index contributed by atoms with van der Waals surface area (Å²) < 4.78 is 5.65. The largest absolute Gasteiger partial charge is 0.377 e. The number of alkyl halides is 1. The van der Waals surface area contributed by atoms with Crippen molar-refractivity contribution in [2.75, 3.05) is 12.5 Å². The minimum Gasteiger partial charge on any atom is -0.377 e. The van der Waals surface area contributed by atoms with Gasteiger partial charge >= 0.3 is 0 Å². The summed E-state index contributed by atoms with van der Waals surface area (Å²) in [6, 6.07) is 10.3. The van der Waals surface area contributed by atoms with Crippen LogP contribution in [0.1, 0.15) is 38.2 Å². The molecule has 0 bridgehead atoms. The van der Waals surface area contributed by atoms with E-state index in [0.717, 1.165) is 25.5 Å². The van der Waals surface area contributed by atoms with Crippen molar-refractivity contribution in [3.05, 3.63) is 35.9 Å². The lowest BCUT2D eigenvalue weighted by atomic mass is 10.0. The lowest BCUT2D eigenvalue weighted by Crippen LogP contribution is -2.04. The molecule has 2 heteroatoms. The van der Waals surface area contributed by atoms with Crippen LogP contribution in [0.3, 0.4) is 0 Å². The van der Waals surface area contributed by atoms with Gasteiger partial charge in [0.1, 0.15) is 0 Å². The molecular formula is C15H23ClO. The fourth-order valence-electron chi connectivity index (χ4n) is 1.95. The van der Waals surface area contributed by atoms with Crippen molar-refractivity contribution in [2.45, 2.75) is 39.2 Å². The highest BCUT2D eigenvalue weighted by Gasteiger charge is 2.05. The van der Waals surface area contributed by atoms with E-state index in [1.54, 1.807) is 0 Å². The van der Waals surface area contributed by atoms with Crippen molar-refractivity contribution in [1.29, 1.82) is 0 Å². The first-order chi connectivity index (χ1) is 8.36. The van der Waals surface area contributed by atoms with Gasteiger partial charge in [-0.2, -0.15) is 0 Å². The molecule has 0 aromatic heterocycles. The van der Waals surface area contributed by atoms with Gasteiger partial charge in [-0.25, -0.2) is 0 Å². The van der Waals surface area contributed by atoms with Gasteiger partial charge in [0.2, 0.25) is 0 Å². The molecule has 0 aliphatic rings. The van der Waals surface area contributed by atoms with Crippen LogP contribution in [0.5, 0.6) is 0 Å². The predicted octanol–water partition coefficient (Wildman–Crippen LogP) is 4.64. The highest BCUT2D eigenvalue weighted by molar-refractivity contribution is 6.18. The lowest BCUT2D eigenvalue weighted by Gasteiger charge is -2.12. The molecule has 0 fully saturated rings. The first kappa shape index (κ1) is 14.5. The van der Waals surface area contributed by atoms with Crippen molar-refractivity contribution in [3.8, 4) is 0 Å². The zero-order valence-corrected chi connectivity index (χ0v) is 11.5. The Hall–Kier alpha value is -0.530. The molecule has 0 heterocycles. The van der Waals surface area contributed by atoms with Crippen LogP contribution in [0.4, 0.5) is 0 Å². The second-order valence-corrected chi connectivity index (χ2v) is 4.80. The van der Waals surface area contributed by atoms with Crippen molar-refractivity contribution in [2.24, 2.45) is 5.92 Å². The molecule has 1 nitrogen and oxygen atoms in total. The van der Waals surface area contributed by atoms with Crippen molar-refractivity contribution in [3.63, 3.8) is 0 Å². The fourth-order valence-corrected chi connectivity index (χ4v) is 2.25. The molecule has 0 amide bonds. The normalized spacial score (nSPS) is 12.6. The number of benzene rings is 1. The summed E-state index contributed by atoms with van der Waals surface area (Å²) in [5, 5.41) is 0. The summed E-state index contributed by atoms with van der Waals surface area (Å²) in [6.45, 7) is 3.78. The van der Waals surface area contributed by atoms with E-state index in [1.807, 2.05) is 18.2 Å². The molecule has 1 aromatic carbocycles. The molecule has 96 valence electrons. The van der Waals surface area contributed by atoms with Gasteiger partial charge in [-0.15, -0.1) is 11.6 Å². The first-order valence-electron chi connectivity index (χ1n) is 6.54. The van der Waals surface area contributed by atoms with Crippen LogP contribution in [0.15, 0.2) is 30.3 Å². The molecule has 0 spiro atoms. The molecular weight excluding hydrogens is 232 g/mol. The van der Waals surface area contributed by atoms with E-state index < -0.39 is 0 Å². The van der Waals surface area contributed by atoms with Crippen LogP contribution < -0.4 is 0 Å². The third-order valence-corrected chi connectivity index (χ3v) is 3.36. The van der Waals surface area contributed by atoms with Crippen LogP contribution in [0.25, 0.3) is 0 Å². The summed E-state index contributed by atoms with van der Waals surface area (Å²) in [5.74, 6) is 1.45. The van der Waals surface area contributed by atoms with E-state index in [9.17, 15) is 0 Å². The van der Waals surface area contributed by atoms with Crippen LogP contribution in [-0.4, -0.2) is 12.5 Å². The molecule has 0 N–H and O–H groups in total. The Labute approximate surface area is 110 Å². The molecule has 0 saturated heterocycles. The Morgan fingerprint density at radius 1 is 1.18 bits per heavy atom. The van der Waals surface area contributed by atoms with E-state index >= 15 is 0 Å². The molecule has 0 aliphatic heterocycles. The van der Waals surface area contributed by atoms with Gasteiger partial charge in [-0.3, -0.25) is 0 Å². The van der Waals surface area contributed by atoms with Crippen molar-refractivity contribution < 1.29 is 4.74 Å². The van der Waals surface area contributed by atoms with Crippen LogP contribution in [-0.2, 0) is 11.3 Å². The average molecular weight is 255 g/mol. The Morgan fingerprint density at radius 2 is 1.94 bits per heavy atom. The van der Waals surface area contributed by atoms with E-state index in [0.29, 0.717) is 5.92 Å². The van der Waals surface area contributed by atoms with Gasteiger partial charge < -0.3 is 4.74 Å². The maximum atomic E-state index is 5.91. The number of hydrogen-bond acceptors (Lipinski definition) is 1. The summed E-state index contributed by atoms with van der Waals surface area (Å²) in [6.07, 6.45) is 4.76. The number of ether oxygens (including phenoxy) is 1.